The molecule has 1 amide bonds. The van der Waals surface area contributed by atoms with Gasteiger partial charge in [-0.05, 0) is 48.2 Å². The zero-order valence-electron chi connectivity index (χ0n) is 19.2. The van der Waals surface area contributed by atoms with E-state index in [1.54, 1.807) is 16.9 Å². The Hall–Kier alpha value is -3.72. The highest BCUT2D eigenvalue weighted by atomic mass is 16.1. The van der Waals surface area contributed by atoms with Crippen LogP contribution < -0.4 is 15.5 Å². The molecule has 6 rings (SSSR count). The Morgan fingerprint density at radius 3 is 2.74 bits per heavy atom. The molecule has 0 bridgehead atoms. The Kier molecular flexibility index (Phi) is 5.26. The summed E-state index contributed by atoms with van der Waals surface area (Å²) in [6.45, 7) is 4.68. The summed E-state index contributed by atoms with van der Waals surface area (Å²) in [7, 11) is 1.85. The van der Waals surface area contributed by atoms with E-state index in [0.717, 1.165) is 54.9 Å². The molecule has 2 aliphatic heterocycles. The molecule has 0 radical (unpaired) electrons. The van der Waals surface area contributed by atoms with Gasteiger partial charge in [0.25, 0.3) is 5.91 Å². The van der Waals surface area contributed by atoms with Gasteiger partial charge in [-0.1, -0.05) is 17.3 Å². The molecule has 0 atom stereocenters. The minimum Gasteiger partial charge on any atom is -0.367 e. The number of hydrogen-bond acceptors (Lipinski definition) is 7. The molecular weight excluding hydrogens is 428 g/mol. The van der Waals surface area contributed by atoms with Gasteiger partial charge in [0.05, 0.1) is 6.20 Å². The summed E-state index contributed by atoms with van der Waals surface area (Å²) in [6, 6.07) is 10.7. The molecule has 9 nitrogen and oxygen atoms in total. The van der Waals surface area contributed by atoms with Crippen molar-refractivity contribution in [3.63, 3.8) is 0 Å². The molecule has 2 fully saturated rings. The summed E-state index contributed by atoms with van der Waals surface area (Å²) in [5, 5.41) is 14.5. The number of amides is 1. The van der Waals surface area contributed by atoms with Gasteiger partial charge in [-0.15, -0.1) is 5.10 Å². The van der Waals surface area contributed by atoms with E-state index in [0.29, 0.717) is 17.9 Å². The molecule has 3 aromatic rings. The molecule has 4 heterocycles. The van der Waals surface area contributed by atoms with Gasteiger partial charge in [0.15, 0.2) is 0 Å². The largest absolute Gasteiger partial charge is 0.367 e. The Labute approximate surface area is 198 Å². The Balaban J connectivity index is 1.15. The first kappa shape index (κ1) is 20.9. The van der Waals surface area contributed by atoms with E-state index in [-0.39, 0.29) is 5.91 Å². The van der Waals surface area contributed by atoms with Crippen molar-refractivity contribution in [2.45, 2.75) is 25.4 Å². The molecule has 174 valence electrons. The third kappa shape index (κ3) is 4.26. The minimum atomic E-state index is -0.146. The second-order valence-electron chi connectivity index (χ2n) is 9.21. The van der Waals surface area contributed by atoms with E-state index in [4.69, 9.17) is 0 Å². The van der Waals surface area contributed by atoms with E-state index < -0.39 is 0 Å². The summed E-state index contributed by atoms with van der Waals surface area (Å²) in [4.78, 5) is 22.4. The maximum absolute atomic E-state index is 13.0. The predicted molar refractivity (Wildman–Crippen MR) is 130 cm³/mol. The first-order chi connectivity index (χ1) is 16.6. The summed E-state index contributed by atoms with van der Waals surface area (Å²) < 4.78 is 1.69. The number of pyridine rings is 1. The molecule has 0 unspecified atom stereocenters. The SMILES string of the molecule is Cn1cc(-c2ccc3c(c2)C=C(NC(=O)c2ccnc(N4CCN(C5CC5)CC4)c2)NC3)nn1. The second-order valence-corrected chi connectivity index (χ2v) is 9.21. The number of aromatic nitrogens is 4. The van der Waals surface area contributed by atoms with Crippen molar-refractivity contribution in [3.8, 4) is 11.3 Å². The monoisotopic (exact) mass is 456 g/mol. The Morgan fingerprint density at radius 1 is 1.12 bits per heavy atom. The van der Waals surface area contributed by atoms with Gasteiger partial charge < -0.3 is 15.5 Å². The number of carbonyl (C=O) groups is 1. The number of hydrogen-bond donors (Lipinski definition) is 2. The molecule has 9 heteroatoms. The molecule has 1 aromatic carbocycles. The van der Waals surface area contributed by atoms with Crippen LogP contribution >= 0.6 is 0 Å². The molecule has 2 N–H and O–H groups in total. The second kappa shape index (κ2) is 8.57. The van der Waals surface area contributed by atoms with Gasteiger partial charge in [0, 0.05) is 63.1 Å². The molecular formula is C25H28N8O. The number of piperazine rings is 1. The Bertz CT molecular complexity index is 1250. The van der Waals surface area contributed by atoms with Gasteiger partial charge in [0.1, 0.15) is 17.3 Å². The number of rotatable bonds is 5. The highest BCUT2D eigenvalue weighted by Gasteiger charge is 2.31. The highest BCUT2D eigenvalue weighted by Crippen LogP contribution is 2.28. The van der Waals surface area contributed by atoms with E-state index in [9.17, 15) is 4.79 Å². The molecule has 0 spiro atoms. The van der Waals surface area contributed by atoms with Crippen molar-refractivity contribution in [2.24, 2.45) is 7.05 Å². The van der Waals surface area contributed by atoms with Crippen molar-refractivity contribution in [2.75, 3.05) is 31.1 Å². The van der Waals surface area contributed by atoms with Crippen molar-refractivity contribution < 1.29 is 4.79 Å². The fourth-order valence-electron chi connectivity index (χ4n) is 4.69. The number of carbonyl (C=O) groups excluding carboxylic acids is 1. The van der Waals surface area contributed by atoms with Gasteiger partial charge >= 0.3 is 0 Å². The maximum atomic E-state index is 13.0. The van der Waals surface area contributed by atoms with Crippen molar-refractivity contribution in [3.05, 3.63) is 65.2 Å². The predicted octanol–water partition coefficient (Wildman–Crippen LogP) is 1.99. The molecule has 3 aliphatic rings. The third-order valence-electron chi connectivity index (χ3n) is 6.77. The normalized spacial score (nSPS) is 18.1. The summed E-state index contributed by atoms with van der Waals surface area (Å²) in [6.07, 6.45) is 8.26. The van der Waals surface area contributed by atoms with Crippen LogP contribution in [0.3, 0.4) is 0 Å². The molecule has 2 aromatic heterocycles. The van der Waals surface area contributed by atoms with Crippen LogP contribution in [-0.2, 0) is 13.6 Å². The van der Waals surface area contributed by atoms with E-state index in [2.05, 4.69) is 47.9 Å². The first-order valence-electron chi connectivity index (χ1n) is 11.8. The molecule has 1 saturated heterocycles. The van der Waals surface area contributed by atoms with Crippen LogP contribution in [-0.4, -0.2) is 63.0 Å². The first-order valence-corrected chi connectivity index (χ1v) is 11.8. The fraction of sp³-hybridized carbons (Fsp3) is 0.360. The lowest BCUT2D eigenvalue weighted by Gasteiger charge is -2.35. The van der Waals surface area contributed by atoms with E-state index in [1.807, 2.05) is 31.5 Å². The van der Waals surface area contributed by atoms with Crippen LogP contribution in [0.25, 0.3) is 17.3 Å². The zero-order valence-corrected chi connectivity index (χ0v) is 19.2. The molecule has 1 aliphatic carbocycles. The molecule has 34 heavy (non-hydrogen) atoms. The van der Waals surface area contributed by atoms with Gasteiger partial charge in [0.2, 0.25) is 0 Å². The smallest absolute Gasteiger partial charge is 0.256 e. The standard InChI is InChI=1S/C25H28N8O/c1-31-16-22(29-30-31)17-2-3-19-15-27-23(13-20(19)12-17)28-25(34)18-6-7-26-24(14-18)33-10-8-32(9-11-33)21-4-5-21/h2-3,6-7,12-14,16,21,27H,4-5,8-11,15H2,1H3,(H,28,34). The lowest BCUT2D eigenvalue weighted by Crippen LogP contribution is -2.47. The zero-order chi connectivity index (χ0) is 23.1. The average molecular weight is 457 g/mol. The van der Waals surface area contributed by atoms with Crippen LogP contribution in [0.2, 0.25) is 0 Å². The number of nitrogens with one attached hydrogen (secondary N) is 2. The third-order valence-corrected chi connectivity index (χ3v) is 6.77. The van der Waals surface area contributed by atoms with Gasteiger partial charge in [-0.3, -0.25) is 14.4 Å². The van der Waals surface area contributed by atoms with E-state index in [1.165, 1.54) is 18.4 Å². The van der Waals surface area contributed by atoms with Crippen molar-refractivity contribution in [1.82, 2.24) is 35.5 Å². The van der Waals surface area contributed by atoms with Crippen LogP contribution in [0, 0.1) is 0 Å². The lowest BCUT2D eigenvalue weighted by atomic mass is 10.00. The van der Waals surface area contributed by atoms with Crippen LogP contribution in [0.4, 0.5) is 5.82 Å². The lowest BCUT2D eigenvalue weighted by molar-refractivity contribution is 0.0963. The number of fused-ring (bicyclic) bond motifs is 1. The fourth-order valence-corrected chi connectivity index (χ4v) is 4.69. The van der Waals surface area contributed by atoms with Crippen molar-refractivity contribution in [1.29, 1.82) is 0 Å². The van der Waals surface area contributed by atoms with Crippen LogP contribution in [0.5, 0.6) is 0 Å². The van der Waals surface area contributed by atoms with Crippen molar-refractivity contribution >= 4 is 17.8 Å². The number of nitrogens with zero attached hydrogens (tertiary/aromatic N) is 6. The topological polar surface area (TPSA) is 91.2 Å². The quantitative estimate of drug-likeness (QED) is 0.607. The summed E-state index contributed by atoms with van der Waals surface area (Å²) in [5.41, 5.74) is 4.65. The van der Waals surface area contributed by atoms with Crippen LogP contribution in [0.1, 0.15) is 34.3 Å². The highest BCUT2D eigenvalue weighted by molar-refractivity contribution is 5.96. The van der Waals surface area contributed by atoms with Crippen LogP contribution in [0.15, 0.2) is 48.5 Å². The Morgan fingerprint density at radius 2 is 1.97 bits per heavy atom. The number of anilines is 1. The van der Waals surface area contributed by atoms with E-state index >= 15 is 0 Å². The number of aryl methyl sites for hydroxylation is 1. The number of benzene rings is 1. The molecule has 1 saturated carbocycles. The summed E-state index contributed by atoms with van der Waals surface area (Å²) in [5.74, 6) is 1.41. The van der Waals surface area contributed by atoms with Gasteiger partial charge in [-0.25, -0.2) is 4.98 Å². The maximum Gasteiger partial charge on any atom is 0.256 e. The summed E-state index contributed by atoms with van der Waals surface area (Å²) >= 11 is 0. The minimum absolute atomic E-state index is 0.146. The average Bonchev–Trinajstić information content (AvgIpc) is 3.64. The van der Waals surface area contributed by atoms with Gasteiger partial charge in [-0.2, -0.15) is 0 Å².